The minimum atomic E-state index is -0.446. The molecule has 0 N–H and O–H groups in total. The van der Waals surface area contributed by atoms with Crippen LogP contribution in [0.15, 0.2) is 170 Å². The first kappa shape index (κ1) is 26.9. The molecule has 0 amide bonds. The van der Waals surface area contributed by atoms with Crippen LogP contribution in [0, 0.1) is 29.5 Å². The van der Waals surface area contributed by atoms with Gasteiger partial charge in [-0.05, 0) is 137 Å². The van der Waals surface area contributed by atoms with Gasteiger partial charge in [0, 0.05) is 22.2 Å². The number of hydrogen-bond donors (Lipinski definition) is 0. The van der Waals surface area contributed by atoms with Crippen LogP contribution in [0.5, 0.6) is 0 Å². The number of fused-ring (bicyclic) bond motifs is 3. The molecule has 0 aromatic heterocycles. The van der Waals surface area contributed by atoms with Crippen molar-refractivity contribution in [2.45, 2.75) is 37.5 Å². The van der Waals surface area contributed by atoms with E-state index < -0.39 is 23.9 Å². The molecule has 7 aromatic rings. The molecule has 1 nitrogen and oxygen atoms in total. The van der Waals surface area contributed by atoms with Gasteiger partial charge in [-0.3, -0.25) is 0 Å². The maximum absolute atomic E-state index is 17.8. The molecule has 54 heavy (non-hydrogen) atoms. The van der Waals surface area contributed by atoms with Crippen molar-refractivity contribution in [3.63, 3.8) is 0 Å². The molecule has 7 aromatic carbocycles. The number of anilines is 3. The number of halogens is 1. The summed E-state index contributed by atoms with van der Waals surface area (Å²) in [6.45, 7) is 0. The summed E-state index contributed by atoms with van der Waals surface area (Å²) in [6.07, 6.45) is 6.03. The van der Waals surface area contributed by atoms with Crippen molar-refractivity contribution in [3.05, 3.63) is 187 Å². The Labute approximate surface area is 324 Å². The zero-order valence-corrected chi connectivity index (χ0v) is 29.9. The van der Waals surface area contributed by atoms with Crippen LogP contribution in [-0.4, -0.2) is 0 Å². The van der Waals surface area contributed by atoms with Gasteiger partial charge >= 0.3 is 0 Å². The van der Waals surface area contributed by atoms with Crippen molar-refractivity contribution in [1.29, 1.82) is 0 Å². The lowest BCUT2D eigenvalue weighted by Crippen LogP contribution is -2.55. The van der Waals surface area contributed by atoms with Gasteiger partial charge in [-0.15, -0.1) is 0 Å². The highest BCUT2D eigenvalue weighted by Gasteiger charge is 2.61. The summed E-state index contributed by atoms with van der Waals surface area (Å²) in [7, 11) is 0. The molecule has 4 bridgehead atoms. The fraction of sp³-hybridized carbons (Fsp3) is 0.192. The molecule has 4 fully saturated rings. The lowest BCUT2D eigenvalue weighted by atomic mass is 9.43. The third-order valence-electron chi connectivity index (χ3n) is 13.2. The van der Waals surface area contributed by atoms with Crippen molar-refractivity contribution in [2.24, 2.45) is 23.7 Å². The van der Waals surface area contributed by atoms with Crippen molar-refractivity contribution in [1.82, 2.24) is 0 Å². The molecule has 0 unspecified atom stereocenters. The van der Waals surface area contributed by atoms with E-state index in [-0.39, 0.29) is 23.1 Å². The number of hydrogen-bond acceptors (Lipinski definition) is 1. The molecule has 262 valence electrons. The summed E-state index contributed by atoms with van der Waals surface area (Å²) >= 11 is 0. The monoisotopic (exact) mass is 704 g/mol. The summed E-state index contributed by atoms with van der Waals surface area (Å²) in [5, 5.41) is 0. The van der Waals surface area contributed by atoms with Crippen LogP contribution in [0.1, 0.15) is 50.1 Å². The second kappa shape index (κ2) is 12.4. The second-order valence-electron chi connectivity index (χ2n) is 15.9. The van der Waals surface area contributed by atoms with Gasteiger partial charge in [0.05, 0.1) is 18.2 Å². The van der Waals surface area contributed by atoms with Gasteiger partial charge in [0.25, 0.3) is 0 Å². The highest BCUT2D eigenvalue weighted by atomic mass is 19.1. The van der Waals surface area contributed by atoms with E-state index in [0.717, 1.165) is 39.7 Å². The van der Waals surface area contributed by atoms with E-state index in [1.54, 1.807) is 6.07 Å². The quantitative estimate of drug-likeness (QED) is 0.167. The normalized spacial score (nSPS) is 24.3. The molecule has 0 atom stereocenters. The Hall–Kier alpha value is -5.73. The second-order valence-corrected chi connectivity index (χ2v) is 15.9. The average molecular weight is 705 g/mol. The van der Waals surface area contributed by atoms with Crippen LogP contribution < -0.4 is 4.90 Å². The van der Waals surface area contributed by atoms with Crippen LogP contribution in [0.3, 0.4) is 0 Å². The van der Waals surface area contributed by atoms with Gasteiger partial charge in [0.1, 0.15) is 5.82 Å². The van der Waals surface area contributed by atoms with Crippen molar-refractivity contribution in [2.75, 3.05) is 4.90 Å². The molecular weight excluding hydrogens is 658 g/mol. The van der Waals surface area contributed by atoms with E-state index in [1.165, 1.54) is 43.2 Å². The Morgan fingerprint density at radius 1 is 0.500 bits per heavy atom. The molecule has 0 radical (unpaired) electrons. The third-order valence-corrected chi connectivity index (χ3v) is 13.2. The molecule has 0 saturated heterocycles. The van der Waals surface area contributed by atoms with Gasteiger partial charge in [0.15, 0.2) is 0 Å². The van der Waals surface area contributed by atoms with Gasteiger partial charge in [-0.2, -0.15) is 0 Å². The van der Waals surface area contributed by atoms with Crippen LogP contribution >= 0.6 is 0 Å². The summed E-state index contributed by atoms with van der Waals surface area (Å²) in [4.78, 5) is 1.95. The molecule has 5 aliphatic rings. The zero-order chi connectivity index (χ0) is 40.2. The molecular formula is C52H42FN. The summed E-state index contributed by atoms with van der Waals surface area (Å²) < 4.78 is 62.8. The maximum atomic E-state index is 17.8. The van der Waals surface area contributed by atoms with Crippen LogP contribution in [-0.2, 0) is 5.41 Å². The van der Waals surface area contributed by atoms with Gasteiger partial charge in [-0.1, -0.05) is 133 Å². The van der Waals surface area contributed by atoms with Crippen LogP contribution in [0.25, 0.3) is 44.5 Å². The molecule has 4 saturated carbocycles. The van der Waals surface area contributed by atoms with Gasteiger partial charge < -0.3 is 4.90 Å². The Morgan fingerprint density at radius 3 is 1.80 bits per heavy atom. The largest absolute Gasteiger partial charge is 0.307 e. The Kier molecular flexibility index (Phi) is 6.20. The highest BCUT2D eigenvalue weighted by Crippen LogP contribution is 2.70. The van der Waals surface area contributed by atoms with Crippen molar-refractivity contribution < 1.29 is 11.2 Å². The summed E-state index contributed by atoms with van der Waals surface area (Å²) in [5.41, 5.74) is 9.77. The Balaban J connectivity index is 1.28. The zero-order valence-electron chi connectivity index (χ0n) is 34.9. The van der Waals surface area contributed by atoms with E-state index in [2.05, 4.69) is 36.4 Å². The smallest absolute Gasteiger partial charge is 0.148 e. The minimum absolute atomic E-state index is 0.0980. The van der Waals surface area contributed by atoms with E-state index in [9.17, 15) is 2.74 Å². The first-order chi connectivity index (χ1) is 28.7. The lowest BCUT2D eigenvalue weighted by Gasteiger charge is -2.61. The van der Waals surface area contributed by atoms with E-state index >= 15 is 4.39 Å². The molecule has 5 aliphatic carbocycles. The molecule has 12 rings (SSSR count). The van der Waals surface area contributed by atoms with Gasteiger partial charge in [-0.25, -0.2) is 4.39 Å². The van der Waals surface area contributed by atoms with E-state index in [1.807, 2.05) is 102 Å². The summed E-state index contributed by atoms with van der Waals surface area (Å²) in [5.74, 6) is 1.93. The molecule has 0 aliphatic heterocycles. The number of benzene rings is 7. The number of nitrogens with zero attached hydrogens (tertiary/aromatic N) is 1. The van der Waals surface area contributed by atoms with E-state index in [4.69, 9.17) is 4.11 Å². The predicted molar refractivity (Wildman–Crippen MR) is 221 cm³/mol. The van der Waals surface area contributed by atoms with Crippen LogP contribution in [0.4, 0.5) is 21.5 Å². The topological polar surface area (TPSA) is 3.24 Å². The average Bonchev–Trinajstić information content (AvgIpc) is 3.55. The molecule has 2 heteroatoms. The van der Waals surface area contributed by atoms with E-state index in [0.29, 0.717) is 40.0 Å². The lowest BCUT2D eigenvalue weighted by molar-refractivity contribution is -0.0399. The Bertz CT molecular complexity index is 2750. The van der Waals surface area contributed by atoms with Crippen molar-refractivity contribution >= 4 is 17.1 Å². The van der Waals surface area contributed by atoms with Crippen LogP contribution in [0.2, 0.25) is 0 Å². The predicted octanol–water partition coefficient (Wildman–Crippen LogP) is 14.0. The first-order valence-corrected chi connectivity index (χ1v) is 19.4. The standard InChI is InChI=1S/C52H42FN/c53-49-31-39(36-15-5-1-6-16-36)30-45(38-19-9-3-10-20-38)51(49)54(42-21-11-4-12-22-42)50-33-48-46(32-44(50)37-17-7-2-8-18-37)43-23-13-14-24-47(43)52(48)40-26-34-25-35(28-40)29-41(52)27-34/h1-24,30-35,40-41H,25-29H2/i2D,7D,8D,17D,18D. The van der Waals surface area contributed by atoms with Gasteiger partial charge in [0.2, 0.25) is 0 Å². The molecule has 0 heterocycles. The number of rotatable bonds is 6. The first-order valence-electron chi connectivity index (χ1n) is 21.9. The molecule has 1 spiro atoms. The summed E-state index contributed by atoms with van der Waals surface area (Å²) in [6, 6.07) is 44.3. The highest BCUT2D eigenvalue weighted by molar-refractivity contribution is 5.98. The SMILES string of the molecule is [2H]c1c([2H])c([2H])c(-c2cc3c(cc2N(c2ccccc2)c2c(F)cc(-c4ccccc4)cc2-c2ccccc2)C2(c4ccccc4-3)C3CC4CC(C3)CC2C4)c([2H])c1[2H]. The maximum Gasteiger partial charge on any atom is 0.148 e. The fourth-order valence-corrected chi connectivity index (χ4v) is 11.4. The minimum Gasteiger partial charge on any atom is -0.307 e. The fourth-order valence-electron chi connectivity index (χ4n) is 11.4. The van der Waals surface area contributed by atoms with Crippen molar-refractivity contribution in [3.8, 4) is 44.5 Å². The number of para-hydroxylation sites is 1. The Morgan fingerprint density at radius 2 is 1.11 bits per heavy atom. The third kappa shape index (κ3) is 4.75.